The van der Waals surface area contributed by atoms with Crippen LogP contribution in [0.2, 0.25) is 0 Å². The highest BCUT2D eigenvalue weighted by Gasteiger charge is 2.51. The first-order valence-electron chi connectivity index (χ1n) is 6.99. The van der Waals surface area contributed by atoms with E-state index in [2.05, 4.69) is 0 Å². The van der Waals surface area contributed by atoms with E-state index in [4.69, 9.17) is 9.84 Å². The highest BCUT2D eigenvalue weighted by molar-refractivity contribution is 5.78. The van der Waals surface area contributed by atoms with E-state index in [1.54, 1.807) is 0 Å². The first-order valence-corrected chi connectivity index (χ1v) is 6.99. The summed E-state index contributed by atoms with van der Waals surface area (Å²) in [6.07, 6.45) is 1.26. The van der Waals surface area contributed by atoms with Crippen molar-refractivity contribution in [3.63, 3.8) is 0 Å². The van der Waals surface area contributed by atoms with Crippen molar-refractivity contribution in [3.8, 4) is 0 Å². The van der Waals surface area contributed by atoms with Crippen LogP contribution in [-0.4, -0.2) is 46.2 Å². The van der Waals surface area contributed by atoms with Gasteiger partial charge in [-0.3, -0.25) is 0 Å². The highest BCUT2D eigenvalue weighted by Crippen LogP contribution is 2.43. The fraction of sp³-hybridized carbons (Fsp3) is 0.929. The monoisotopic (exact) mass is 274 g/mol. The van der Waals surface area contributed by atoms with Gasteiger partial charge in [0.1, 0.15) is 6.10 Å². The number of carbonyl (C=O) groups is 1. The summed E-state index contributed by atoms with van der Waals surface area (Å²) in [6.45, 7) is 5.48. The molecule has 0 aliphatic heterocycles. The van der Waals surface area contributed by atoms with Gasteiger partial charge in [0.2, 0.25) is 0 Å². The van der Waals surface area contributed by atoms with Crippen molar-refractivity contribution in [2.24, 2.45) is 17.8 Å². The van der Waals surface area contributed by atoms with Crippen LogP contribution in [0, 0.1) is 17.8 Å². The molecule has 0 bridgehead atoms. The molecule has 5 nitrogen and oxygen atoms in total. The second-order valence-electron chi connectivity index (χ2n) is 6.08. The van der Waals surface area contributed by atoms with E-state index < -0.39 is 24.3 Å². The van der Waals surface area contributed by atoms with Gasteiger partial charge in [0.25, 0.3) is 0 Å². The number of rotatable bonds is 6. The quantitative estimate of drug-likeness (QED) is 0.679. The lowest BCUT2D eigenvalue weighted by atomic mass is 9.67. The number of carboxylic acid groups (broad SMARTS) is 1. The van der Waals surface area contributed by atoms with Gasteiger partial charge in [-0.1, -0.05) is 27.2 Å². The summed E-state index contributed by atoms with van der Waals surface area (Å²) in [5.41, 5.74) is -1.23. The van der Waals surface area contributed by atoms with Gasteiger partial charge in [-0.2, -0.15) is 0 Å². The Labute approximate surface area is 114 Å². The molecule has 1 aliphatic carbocycles. The highest BCUT2D eigenvalue weighted by atomic mass is 16.5. The van der Waals surface area contributed by atoms with Crippen LogP contribution in [-0.2, 0) is 9.53 Å². The van der Waals surface area contributed by atoms with Crippen molar-refractivity contribution in [3.05, 3.63) is 0 Å². The van der Waals surface area contributed by atoms with Crippen LogP contribution in [0.3, 0.4) is 0 Å². The van der Waals surface area contributed by atoms with Crippen LogP contribution < -0.4 is 0 Å². The van der Waals surface area contributed by atoms with Crippen molar-refractivity contribution in [1.29, 1.82) is 0 Å². The standard InChI is InChI=1S/C14H26O5/c1-9(2)12-5-4-10(3)6-14(12,13(17)18)19-8-11(16)7-15/h9-12,15-16H,4-8H2,1-3H3,(H,17,18). The SMILES string of the molecule is CC1CCC(C(C)C)C(OCC(O)CO)(C(=O)O)C1. The topological polar surface area (TPSA) is 87.0 Å². The molecular formula is C14H26O5. The summed E-state index contributed by atoms with van der Waals surface area (Å²) in [4.78, 5) is 11.8. The molecule has 1 aliphatic rings. The van der Waals surface area contributed by atoms with Crippen molar-refractivity contribution < 1.29 is 24.9 Å². The maximum Gasteiger partial charge on any atom is 0.336 e. The van der Waals surface area contributed by atoms with Gasteiger partial charge in [0, 0.05) is 5.92 Å². The number of hydrogen-bond acceptors (Lipinski definition) is 4. The van der Waals surface area contributed by atoms with E-state index in [0.717, 1.165) is 12.8 Å². The van der Waals surface area contributed by atoms with E-state index >= 15 is 0 Å². The van der Waals surface area contributed by atoms with Crippen LogP contribution in [0.4, 0.5) is 0 Å². The normalized spacial score (nSPS) is 33.4. The van der Waals surface area contributed by atoms with E-state index in [1.807, 2.05) is 20.8 Å². The van der Waals surface area contributed by atoms with Crippen molar-refractivity contribution in [1.82, 2.24) is 0 Å². The molecule has 0 amide bonds. The molecule has 1 fully saturated rings. The molecule has 19 heavy (non-hydrogen) atoms. The van der Waals surface area contributed by atoms with Crippen LogP contribution in [0.15, 0.2) is 0 Å². The largest absolute Gasteiger partial charge is 0.479 e. The fourth-order valence-corrected chi connectivity index (χ4v) is 3.11. The molecule has 0 aromatic rings. The van der Waals surface area contributed by atoms with Gasteiger partial charge in [-0.25, -0.2) is 4.79 Å². The Hall–Kier alpha value is -0.650. The molecule has 5 heteroatoms. The Morgan fingerprint density at radius 1 is 1.42 bits per heavy atom. The van der Waals surface area contributed by atoms with E-state index in [0.29, 0.717) is 6.42 Å². The summed E-state index contributed by atoms with van der Waals surface area (Å²) in [6, 6.07) is 0. The molecule has 0 spiro atoms. The van der Waals surface area contributed by atoms with E-state index in [1.165, 1.54) is 0 Å². The van der Waals surface area contributed by atoms with Crippen LogP contribution >= 0.6 is 0 Å². The van der Waals surface area contributed by atoms with Crippen LogP contribution in [0.1, 0.15) is 40.0 Å². The predicted molar refractivity (Wildman–Crippen MR) is 70.8 cm³/mol. The third-order valence-electron chi connectivity index (χ3n) is 4.13. The Morgan fingerprint density at radius 3 is 2.53 bits per heavy atom. The Balaban J connectivity index is 2.93. The maximum absolute atomic E-state index is 11.8. The first-order chi connectivity index (χ1) is 8.83. The molecule has 0 heterocycles. The molecule has 4 atom stereocenters. The summed E-state index contributed by atoms with van der Waals surface area (Å²) >= 11 is 0. The molecule has 4 unspecified atom stereocenters. The van der Waals surface area contributed by atoms with Crippen LogP contribution in [0.5, 0.6) is 0 Å². The first kappa shape index (κ1) is 16.4. The number of aliphatic hydroxyl groups is 2. The Kier molecular flexibility index (Phi) is 5.77. The zero-order valence-corrected chi connectivity index (χ0v) is 12.0. The van der Waals surface area contributed by atoms with Gasteiger partial charge in [-0.05, 0) is 24.7 Å². The molecule has 1 rings (SSSR count). The average molecular weight is 274 g/mol. The number of hydrogen-bond donors (Lipinski definition) is 3. The van der Waals surface area contributed by atoms with Crippen molar-refractivity contribution in [2.45, 2.75) is 51.7 Å². The minimum atomic E-state index is -1.23. The van der Waals surface area contributed by atoms with E-state index in [9.17, 15) is 15.0 Å². The summed E-state index contributed by atoms with van der Waals surface area (Å²) in [5, 5.41) is 27.9. The predicted octanol–water partition coefficient (Wildman–Crippen LogP) is 1.27. The lowest BCUT2D eigenvalue weighted by Gasteiger charge is -2.45. The molecule has 0 aromatic heterocycles. The van der Waals surface area contributed by atoms with Gasteiger partial charge in [-0.15, -0.1) is 0 Å². The number of ether oxygens (including phenoxy) is 1. The number of carboxylic acids is 1. The third kappa shape index (κ3) is 3.68. The second kappa shape index (κ2) is 6.68. The molecule has 112 valence electrons. The zero-order valence-electron chi connectivity index (χ0n) is 12.0. The number of aliphatic hydroxyl groups excluding tert-OH is 2. The van der Waals surface area contributed by atoms with Gasteiger partial charge >= 0.3 is 5.97 Å². The smallest absolute Gasteiger partial charge is 0.336 e. The Bertz CT molecular complexity index is 304. The summed E-state index contributed by atoms with van der Waals surface area (Å²) < 4.78 is 5.62. The molecule has 0 saturated heterocycles. The molecule has 0 aromatic carbocycles. The minimum absolute atomic E-state index is 0.0629. The lowest BCUT2D eigenvalue weighted by molar-refractivity contribution is -0.194. The molecule has 0 radical (unpaired) electrons. The third-order valence-corrected chi connectivity index (χ3v) is 4.13. The zero-order chi connectivity index (χ0) is 14.6. The lowest BCUT2D eigenvalue weighted by Crippen LogP contribution is -2.54. The van der Waals surface area contributed by atoms with Gasteiger partial charge in [0.15, 0.2) is 5.60 Å². The Morgan fingerprint density at radius 2 is 2.05 bits per heavy atom. The summed E-state index contributed by atoms with van der Waals surface area (Å²) in [5.74, 6) is -0.526. The maximum atomic E-state index is 11.8. The molecule has 3 N–H and O–H groups in total. The van der Waals surface area contributed by atoms with Crippen LogP contribution in [0.25, 0.3) is 0 Å². The average Bonchev–Trinajstić information content (AvgIpc) is 2.35. The molecule has 1 saturated carbocycles. The minimum Gasteiger partial charge on any atom is -0.479 e. The number of aliphatic carboxylic acids is 1. The van der Waals surface area contributed by atoms with Crippen molar-refractivity contribution >= 4 is 5.97 Å². The molecular weight excluding hydrogens is 248 g/mol. The van der Waals surface area contributed by atoms with E-state index in [-0.39, 0.29) is 24.4 Å². The van der Waals surface area contributed by atoms with Crippen molar-refractivity contribution in [2.75, 3.05) is 13.2 Å². The summed E-state index contributed by atoms with van der Waals surface area (Å²) in [7, 11) is 0. The van der Waals surface area contributed by atoms with Gasteiger partial charge < -0.3 is 20.1 Å². The fourth-order valence-electron chi connectivity index (χ4n) is 3.11. The second-order valence-corrected chi connectivity index (χ2v) is 6.08. The van der Waals surface area contributed by atoms with Gasteiger partial charge in [0.05, 0.1) is 13.2 Å².